The molecule has 2 amide bonds. The summed E-state index contributed by atoms with van der Waals surface area (Å²) in [5, 5.41) is 2.47. The van der Waals surface area contributed by atoms with E-state index in [9.17, 15) is 18.4 Å². The van der Waals surface area contributed by atoms with Gasteiger partial charge in [0.2, 0.25) is 11.8 Å². The first-order valence-electron chi connectivity index (χ1n) is 10.1. The lowest BCUT2D eigenvalue weighted by Gasteiger charge is -2.34. The smallest absolute Gasteiger partial charge is 0.240 e. The maximum Gasteiger partial charge on any atom is 0.240 e. The summed E-state index contributed by atoms with van der Waals surface area (Å²) in [7, 11) is 0. The van der Waals surface area contributed by atoms with E-state index in [1.54, 1.807) is 4.90 Å². The molecule has 29 heavy (non-hydrogen) atoms. The molecule has 0 radical (unpaired) electrons. The van der Waals surface area contributed by atoms with E-state index in [1.807, 2.05) is 18.2 Å². The van der Waals surface area contributed by atoms with Crippen molar-refractivity contribution in [3.63, 3.8) is 0 Å². The first-order valence-corrected chi connectivity index (χ1v) is 10.1. The lowest BCUT2D eigenvalue weighted by Crippen LogP contribution is -2.46. The zero-order valence-electron chi connectivity index (χ0n) is 16.2. The number of amides is 2. The van der Waals surface area contributed by atoms with Gasteiger partial charge in [-0.15, -0.1) is 0 Å². The fourth-order valence-corrected chi connectivity index (χ4v) is 4.09. The van der Waals surface area contributed by atoms with Crippen molar-refractivity contribution in [3.8, 4) is 0 Å². The Labute approximate surface area is 168 Å². The van der Waals surface area contributed by atoms with Crippen molar-refractivity contribution < 1.29 is 18.4 Å². The van der Waals surface area contributed by atoms with Crippen LogP contribution < -0.4 is 5.32 Å². The van der Waals surface area contributed by atoms with Gasteiger partial charge in [-0.1, -0.05) is 30.3 Å². The Morgan fingerprint density at radius 1 is 1.03 bits per heavy atom. The molecule has 0 aromatic heterocycles. The molecule has 0 bridgehead atoms. The number of benzene rings is 2. The molecule has 1 saturated carbocycles. The van der Waals surface area contributed by atoms with E-state index in [4.69, 9.17) is 0 Å². The minimum atomic E-state index is -1.10. The molecule has 2 aromatic rings. The van der Waals surface area contributed by atoms with Gasteiger partial charge in [0.05, 0.1) is 5.69 Å². The summed E-state index contributed by atoms with van der Waals surface area (Å²) in [4.78, 5) is 27.5. The second kappa shape index (κ2) is 7.93. The van der Waals surface area contributed by atoms with Gasteiger partial charge in [0.25, 0.3) is 0 Å². The van der Waals surface area contributed by atoms with Crippen LogP contribution in [-0.4, -0.2) is 29.8 Å². The Kier molecular flexibility index (Phi) is 5.35. The number of carbonyl (C=O) groups excluding carboxylic acids is 2. The molecule has 4 rings (SSSR count). The van der Waals surface area contributed by atoms with Crippen LogP contribution in [0.25, 0.3) is 0 Å². The Morgan fingerprint density at radius 2 is 1.72 bits per heavy atom. The molecule has 2 fully saturated rings. The van der Waals surface area contributed by atoms with Crippen LogP contribution in [-0.2, 0) is 16.0 Å². The molecular weight excluding hydrogens is 374 g/mol. The van der Waals surface area contributed by atoms with Crippen LogP contribution in [0.2, 0.25) is 0 Å². The number of likely N-dealkylation sites (tertiary alicyclic amines) is 1. The molecule has 2 aliphatic rings. The number of rotatable bonds is 5. The number of hydrogen-bond acceptors (Lipinski definition) is 2. The molecule has 4 nitrogen and oxygen atoms in total. The van der Waals surface area contributed by atoms with E-state index in [-0.39, 0.29) is 11.6 Å². The summed E-state index contributed by atoms with van der Waals surface area (Å²) in [6.45, 7) is 1.27. The Balaban J connectivity index is 1.35. The minimum absolute atomic E-state index is 0.1000. The first kappa shape index (κ1) is 19.6. The van der Waals surface area contributed by atoms with E-state index in [0.717, 1.165) is 25.3 Å². The number of carbonyl (C=O) groups is 2. The summed E-state index contributed by atoms with van der Waals surface area (Å²) < 4.78 is 26.9. The zero-order valence-corrected chi connectivity index (χ0v) is 16.2. The highest BCUT2D eigenvalue weighted by Gasteiger charge is 2.58. The highest BCUT2D eigenvalue weighted by molar-refractivity contribution is 6.13. The van der Waals surface area contributed by atoms with Gasteiger partial charge in [-0.25, -0.2) is 8.78 Å². The second-order valence-electron chi connectivity index (χ2n) is 8.09. The fourth-order valence-electron chi connectivity index (χ4n) is 4.09. The number of nitrogens with zero attached hydrogens (tertiary/aromatic N) is 1. The highest BCUT2D eigenvalue weighted by Crippen LogP contribution is 2.48. The molecule has 1 N–H and O–H groups in total. The van der Waals surface area contributed by atoms with Gasteiger partial charge in [-0.3, -0.25) is 9.59 Å². The standard InChI is InChI=1S/C23H24F2N2O2/c24-18-6-7-20(19(25)15-18)26-21(28)23(10-11-23)22(29)27-12-8-17(9-13-27)14-16-4-2-1-3-5-16/h1-7,15,17H,8-14H2,(H,26,28). The van der Waals surface area contributed by atoms with Crippen LogP contribution >= 0.6 is 0 Å². The average molecular weight is 398 g/mol. The molecule has 0 spiro atoms. The molecule has 2 aromatic carbocycles. The highest BCUT2D eigenvalue weighted by atomic mass is 19.1. The van der Waals surface area contributed by atoms with E-state index in [2.05, 4.69) is 17.4 Å². The minimum Gasteiger partial charge on any atom is -0.342 e. The largest absolute Gasteiger partial charge is 0.342 e. The van der Waals surface area contributed by atoms with Crippen molar-refractivity contribution in [1.82, 2.24) is 4.90 Å². The van der Waals surface area contributed by atoms with E-state index >= 15 is 0 Å². The van der Waals surface area contributed by atoms with Crippen molar-refractivity contribution in [1.29, 1.82) is 0 Å². The predicted octanol–water partition coefficient (Wildman–Crippen LogP) is 4.16. The molecule has 1 aliphatic carbocycles. The molecule has 1 saturated heterocycles. The SMILES string of the molecule is O=C(Nc1ccc(F)cc1F)C1(C(=O)N2CCC(Cc3ccccc3)CC2)CC1. The normalized spacial score (nSPS) is 18.3. The second-order valence-corrected chi connectivity index (χ2v) is 8.09. The van der Waals surface area contributed by atoms with Gasteiger partial charge < -0.3 is 10.2 Å². The van der Waals surface area contributed by atoms with Crippen LogP contribution in [0.4, 0.5) is 14.5 Å². The van der Waals surface area contributed by atoms with Gasteiger partial charge in [0.1, 0.15) is 17.0 Å². The van der Waals surface area contributed by atoms with Crippen molar-refractivity contribution in [3.05, 3.63) is 65.7 Å². The lowest BCUT2D eigenvalue weighted by molar-refractivity contribution is -0.143. The molecule has 1 aliphatic heterocycles. The number of piperidine rings is 1. The van der Waals surface area contributed by atoms with Gasteiger partial charge >= 0.3 is 0 Å². The quantitative estimate of drug-likeness (QED) is 0.769. The van der Waals surface area contributed by atoms with Crippen LogP contribution in [0.15, 0.2) is 48.5 Å². The third-order valence-corrected chi connectivity index (χ3v) is 6.04. The topological polar surface area (TPSA) is 49.4 Å². The number of hydrogen-bond donors (Lipinski definition) is 1. The van der Waals surface area contributed by atoms with Crippen molar-refractivity contribution in [2.45, 2.75) is 32.1 Å². The summed E-state index contributed by atoms with van der Waals surface area (Å²) in [6.07, 6.45) is 3.74. The average Bonchev–Trinajstić information content (AvgIpc) is 3.53. The van der Waals surface area contributed by atoms with Crippen LogP contribution in [0.5, 0.6) is 0 Å². The summed E-state index contributed by atoms with van der Waals surface area (Å²) in [5.74, 6) is -1.70. The van der Waals surface area contributed by atoms with Crippen LogP contribution in [0.1, 0.15) is 31.2 Å². The van der Waals surface area contributed by atoms with E-state index in [0.29, 0.717) is 37.9 Å². The maximum atomic E-state index is 13.8. The molecular formula is C23H24F2N2O2. The molecule has 1 heterocycles. The maximum absolute atomic E-state index is 13.8. The molecule has 0 unspecified atom stereocenters. The summed E-state index contributed by atoms with van der Waals surface area (Å²) >= 11 is 0. The van der Waals surface area contributed by atoms with Gasteiger partial charge in [-0.05, 0) is 55.7 Å². The third-order valence-electron chi connectivity index (χ3n) is 6.04. The summed E-state index contributed by atoms with van der Waals surface area (Å²) in [5.41, 5.74) is 0.0984. The Bertz CT molecular complexity index is 904. The monoisotopic (exact) mass is 398 g/mol. The Morgan fingerprint density at radius 3 is 2.34 bits per heavy atom. The Hall–Kier alpha value is -2.76. The van der Waals surface area contributed by atoms with Gasteiger partial charge in [0.15, 0.2) is 0 Å². The third kappa shape index (κ3) is 4.16. The number of nitrogens with one attached hydrogen (secondary N) is 1. The van der Waals surface area contributed by atoms with Crippen molar-refractivity contribution in [2.75, 3.05) is 18.4 Å². The van der Waals surface area contributed by atoms with Gasteiger partial charge in [0, 0.05) is 19.2 Å². The van der Waals surface area contributed by atoms with Crippen molar-refractivity contribution in [2.24, 2.45) is 11.3 Å². The van der Waals surface area contributed by atoms with Crippen LogP contribution in [0.3, 0.4) is 0 Å². The number of anilines is 1. The molecule has 0 atom stereocenters. The predicted molar refractivity (Wildman–Crippen MR) is 106 cm³/mol. The fraction of sp³-hybridized carbons (Fsp3) is 0.391. The van der Waals surface area contributed by atoms with E-state index in [1.165, 1.54) is 11.6 Å². The van der Waals surface area contributed by atoms with Gasteiger partial charge in [-0.2, -0.15) is 0 Å². The van der Waals surface area contributed by atoms with E-state index < -0.39 is 23.0 Å². The van der Waals surface area contributed by atoms with Crippen molar-refractivity contribution >= 4 is 17.5 Å². The molecule has 152 valence electrons. The van der Waals surface area contributed by atoms with Crippen LogP contribution in [0, 0.1) is 23.0 Å². The summed E-state index contributed by atoms with van der Waals surface area (Å²) in [6, 6.07) is 13.3. The molecule has 6 heteroatoms. The number of halogens is 2. The lowest BCUT2D eigenvalue weighted by atomic mass is 9.89. The zero-order chi connectivity index (χ0) is 20.4. The first-order chi connectivity index (χ1) is 14.0.